The molecule has 0 bridgehead atoms. The Morgan fingerprint density at radius 1 is 1.16 bits per heavy atom. The van der Waals surface area contributed by atoms with Crippen LogP contribution in [0.4, 0.5) is 0 Å². The van der Waals surface area contributed by atoms with Gasteiger partial charge in [-0.1, -0.05) is 33.6 Å². The van der Waals surface area contributed by atoms with Gasteiger partial charge in [0, 0.05) is 19.1 Å². The van der Waals surface area contributed by atoms with E-state index in [1.54, 1.807) is 0 Å². The van der Waals surface area contributed by atoms with E-state index >= 15 is 0 Å². The van der Waals surface area contributed by atoms with Crippen molar-refractivity contribution in [1.82, 2.24) is 9.80 Å². The minimum Gasteiger partial charge on any atom is -0.305 e. The zero-order chi connectivity index (χ0) is 14.5. The highest BCUT2D eigenvalue weighted by Gasteiger charge is 2.36. The first-order chi connectivity index (χ1) is 8.90. The van der Waals surface area contributed by atoms with Gasteiger partial charge in [-0.2, -0.15) is 0 Å². The normalized spacial score (nSPS) is 20.8. The third-order valence-electron chi connectivity index (χ3n) is 5.27. The molecule has 0 spiro atoms. The topological polar surface area (TPSA) is 6.48 Å². The average molecular weight is 268 g/mol. The van der Waals surface area contributed by atoms with Crippen LogP contribution in [0.5, 0.6) is 0 Å². The summed E-state index contributed by atoms with van der Waals surface area (Å²) in [6.45, 7) is 13.3. The molecule has 1 aliphatic heterocycles. The largest absolute Gasteiger partial charge is 0.305 e. The molecule has 0 aromatic carbocycles. The Kier molecular flexibility index (Phi) is 6.82. The summed E-state index contributed by atoms with van der Waals surface area (Å²) >= 11 is 0. The molecule has 0 radical (unpaired) electrons. The molecule has 1 saturated heterocycles. The molecule has 1 atom stereocenters. The van der Waals surface area contributed by atoms with Gasteiger partial charge in [0.15, 0.2) is 0 Å². The molecule has 1 rings (SSSR count). The molecule has 19 heavy (non-hydrogen) atoms. The Labute approximate surface area is 121 Å². The van der Waals surface area contributed by atoms with Gasteiger partial charge in [-0.3, -0.25) is 0 Å². The predicted molar refractivity (Wildman–Crippen MR) is 85.6 cm³/mol. The molecule has 0 unspecified atom stereocenters. The van der Waals surface area contributed by atoms with Crippen molar-refractivity contribution in [2.45, 2.75) is 65.8 Å². The quantitative estimate of drug-likeness (QED) is 0.626. The Morgan fingerprint density at radius 3 is 2.21 bits per heavy atom. The van der Waals surface area contributed by atoms with E-state index in [1.807, 2.05) is 0 Å². The Bertz CT molecular complexity index is 242. The first kappa shape index (κ1) is 17.0. The monoisotopic (exact) mass is 268 g/mol. The first-order valence-corrected chi connectivity index (χ1v) is 8.29. The van der Waals surface area contributed by atoms with Gasteiger partial charge in [-0.15, -0.1) is 0 Å². The maximum Gasteiger partial charge on any atom is 0.00639 e. The lowest BCUT2D eigenvalue weighted by Gasteiger charge is -2.47. The van der Waals surface area contributed by atoms with Crippen LogP contribution in [0.1, 0.15) is 59.8 Å². The van der Waals surface area contributed by atoms with Crippen LogP contribution < -0.4 is 0 Å². The van der Waals surface area contributed by atoms with Crippen molar-refractivity contribution in [1.29, 1.82) is 0 Å². The van der Waals surface area contributed by atoms with Crippen molar-refractivity contribution in [3.05, 3.63) is 0 Å². The molecule has 0 aromatic heterocycles. The Hall–Kier alpha value is -0.0800. The summed E-state index contributed by atoms with van der Waals surface area (Å²) in [6.07, 6.45) is 6.80. The standard InChI is InChI=1S/C17H36N2/c1-7-16(8-2)10-9-15(3)19(6)12-11-17(4)13-18(5)14-17/h15-16H,7-14H2,1-6H3/t15-/m1/s1. The van der Waals surface area contributed by atoms with Crippen LogP contribution >= 0.6 is 0 Å². The molecule has 1 fully saturated rings. The lowest BCUT2D eigenvalue weighted by Crippen LogP contribution is -2.53. The summed E-state index contributed by atoms with van der Waals surface area (Å²) in [4.78, 5) is 5.00. The van der Waals surface area contributed by atoms with Crippen LogP contribution in [-0.2, 0) is 0 Å². The summed E-state index contributed by atoms with van der Waals surface area (Å²) in [7, 11) is 4.53. The molecule has 1 heterocycles. The second-order valence-corrected chi connectivity index (χ2v) is 7.32. The van der Waals surface area contributed by atoms with E-state index in [1.165, 1.54) is 51.7 Å². The fraction of sp³-hybridized carbons (Fsp3) is 1.00. The maximum atomic E-state index is 2.58. The minimum absolute atomic E-state index is 0.581. The lowest BCUT2D eigenvalue weighted by molar-refractivity contribution is 0.0213. The van der Waals surface area contributed by atoms with Gasteiger partial charge in [-0.05, 0) is 58.2 Å². The van der Waals surface area contributed by atoms with Crippen LogP contribution in [0.2, 0.25) is 0 Å². The summed E-state index contributed by atoms with van der Waals surface area (Å²) in [5.74, 6) is 0.939. The Balaban J connectivity index is 2.19. The maximum absolute atomic E-state index is 2.58. The number of hydrogen-bond donors (Lipinski definition) is 0. The molecule has 0 saturated carbocycles. The van der Waals surface area contributed by atoms with Gasteiger partial charge in [0.25, 0.3) is 0 Å². The molecule has 0 N–H and O–H groups in total. The van der Waals surface area contributed by atoms with Crippen molar-refractivity contribution >= 4 is 0 Å². The third-order valence-corrected chi connectivity index (χ3v) is 5.27. The van der Waals surface area contributed by atoms with Crippen molar-refractivity contribution in [3.8, 4) is 0 Å². The zero-order valence-electron chi connectivity index (χ0n) is 14.2. The van der Waals surface area contributed by atoms with Crippen LogP contribution in [0.3, 0.4) is 0 Å². The average Bonchev–Trinajstić information content (AvgIpc) is 2.35. The van der Waals surface area contributed by atoms with Crippen LogP contribution in [0.25, 0.3) is 0 Å². The van der Waals surface area contributed by atoms with Crippen LogP contribution in [0.15, 0.2) is 0 Å². The molecule has 0 amide bonds. The van der Waals surface area contributed by atoms with Gasteiger partial charge < -0.3 is 9.80 Å². The molecular weight excluding hydrogens is 232 g/mol. The minimum atomic E-state index is 0.581. The van der Waals surface area contributed by atoms with Gasteiger partial charge in [0.05, 0.1) is 0 Å². The third kappa shape index (κ3) is 5.43. The molecule has 0 aromatic rings. The fourth-order valence-corrected chi connectivity index (χ4v) is 3.48. The summed E-state index contributed by atoms with van der Waals surface area (Å²) in [5.41, 5.74) is 0.581. The summed E-state index contributed by atoms with van der Waals surface area (Å²) < 4.78 is 0. The van der Waals surface area contributed by atoms with Gasteiger partial charge in [0.1, 0.15) is 0 Å². The number of likely N-dealkylation sites (tertiary alicyclic amines) is 1. The van der Waals surface area contributed by atoms with Crippen molar-refractivity contribution in [2.24, 2.45) is 11.3 Å². The summed E-state index contributed by atoms with van der Waals surface area (Å²) in [6, 6.07) is 0.738. The highest BCUT2D eigenvalue weighted by atomic mass is 15.2. The Morgan fingerprint density at radius 2 is 1.74 bits per heavy atom. The SMILES string of the molecule is CCC(CC)CC[C@@H](C)N(C)CCC1(C)CN(C)C1. The molecule has 2 heteroatoms. The second kappa shape index (κ2) is 7.64. The van der Waals surface area contributed by atoms with Crippen LogP contribution in [-0.4, -0.2) is 49.6 Å². The molecule has 2 nitrogen and oxygen atoms in total. The van der Waals surface area contributed by atoms with E-state index in [0.717, 1.165) is 12.0 Å². The van der Waals surface area contributed by atoms with Crippen molar-refractivity contribution in [3.63, 3.8) is 0 Å². The smallest absolute Gasteiger partial charge is 0.00639 e. The number of rotatable bonds is 9. The van der Waals surface area contributed by atoms with Gasteiger partial charge in [-0.25, -0.2) is 0 Å². The van der Waals surface area contributed by atoms with Crippen molar-refractivity contribution < 1.29 is 0 Å². The fourth-order valence-electron chi connectivity index (χ4n) is 3.48. The second-order valence-electron chi connectivity index (χ2n) is 7.32. The zero-order valence-corrected chi connectivity index (χ0v) is 14.2. The lowest BCUT2D eigenvalue weighted by atomic mass is 9.79. The van der Waals surface area contributed by atoms with Gasteiger partial charge in [0.2, 0.25) is 0 Å². The number of hydrogen-bond acceptors (Lipinski definition) is 2. The van der Waals surface area contributed by atoms with E-state index in [-0.39, 0.29) is 0 Å². The van der Waals surface area contributed by atoms with E-state index in [4.69, 9.17) is 0 Å². The van der Waals surface area contributed by atoms with E-state index < -0.39 is 0 Å². The number of nitrogens with zero attached hydrogens (tertiary/aromatic N) is 2. The highest BCUT2D eigenvalue weighted by Crippen LogP contribution is 2.32. The van der Waals surface area contributed by atoms with Crippen LogP contribution in [0, 0.1) is 11.3 Å². The molecule has 0 aliphatic carbocycles. The molecule has 1 aliphatic rings. The molecule has 114 valence electrons. The van der Waals surface area contributed by atoms with E-state index in [9.17, 15) is 0 Å². The van der Waals surface area contributed by atoms with E-state index in [0.29, 0.717) is 5.41 Å². The first-order valence-electron chi connectivity index (χ1n) is 8.29. The summed E-state index contributed by atoms with van der Waals surface area (Å²) in [5, 5.41) is 0. The van der Waals surface area contributed by atoms with Crippen molar-refractivity contribution in [2.75, 3.05) is 33.7 Å². The highest BCUT2D eigenvalue weighted by molar-refractivity contribution is 4.90. The predicted octanol–water partition coefficient (Wildman–Crippen LogP) is 3.86. The van der Waals surface area contributed by atoms with E-state index in [2.05, 4.69) is 51.6 Å². The molecular formula is C17H36N2. The van der Waals surface area contributed by atoms with Gasteiger partial charge >= 0.3 is 0 Å².